The van der Waals surface area contributed by atoms with Gasteiger partial charge in [0.2, 0.25) is 0 Å². The number of hydrogen-bond acceptors (Lipinski definition) is 4. The molecule has 3 heterocycles. The summed E-state index contributed by atoms with van der Waals surface area (Å²) in [6.45, 7) is 0.382. The fourth-order valence-electron chi connectivity index (χ4n) is 2.52. The first-order valence-electron chi connectivity index (χ1n) is 7.32. The van der Waals surface area contributed by atoms with E-state index >= 15 is 0 Å². The summed E-state index contributed by atoms with van der Waals surface area (Å²) in [5, 5.41) is 4.52. The maximum atomic E-state index is 12.7. The molecule has 0 radical (unpaired) electrons. The highest BCUT2D eigenvalue weighted by molar-refractivity contribution is 5.53. The molecule has 1 aliphatic carbocycles. The molecule has 4 rings (SSSR count). The van der Waals surface area contributed by atoms with E-state index in [0.29, 0.717) is 12.4 Å². The molecule has 0 spiro atoms. The maximum absolute atomic E-state index is 12.7. The second kappa shape index (κ2) is 5.22. The Morgan fingerprint density at radius 1 is 1.14 bits per heavy atom. The highest BCUT2D eigenvalue weighted by atomic mass is 16.2. The lowest BCUT2D eigenvalue weighted by Gasteiger charge is -2.02. The van der Waals surface area contributed by atoms with E-state index in [4.69, 9.17) is 0 Å². The van der Waals surface area contributed by atoms with Crippen LogP contribution in [0.25, 0.3) is 11.4 Å². The fourth-order valence-corrected chi connectivity index (χ4v) is 2.52. The van der Waals surface area contributed by atoms with Crippen LogP contribution in [0.1, 0.15) is 24.6 Å². The Labute approximate surface area is 127 Å². The summed E-state index contributed by atoms with van der Waals surface area (Å²) in [6.07, 6.45) is 7.24. The van der Waals surface area contributed by atoms with Crippen LogP contribution in [0.5, 0.6) is 0 Å². The van der Waals surface area contributed by atoms with Gasteiger partial charge >= 0.3 is 5.69 Å². The molecule has 0 N–H and O–H groups in total. The molecular formula is C16H15N5O. The van der Waals surface area contributed by atoms with Gasteiger partial charge in [0.25, 0.3) is 0 Å². The lowest BCUT2D eigenvalue weighted by molar-refractivity contribution is 0.617. The third-order valence-corrected chi connectivity index (χ3v) is 3.74. The van der Waals surface area contributed by atoms with Gasteiger partial charge in [0.15, 0.2) is 5.82 Å². The van der Waals surface area contributed by atoms with Crippen LogP contribution in [0, 0.1) is 0 Å². The summed E-state index contributed by atoms with van der Waals surface area (Å²) in [6, 6.07) is 9.71. The molecule has 0 aliphatic heterocycles. The minimum atomic E-state index is -0.0768. The molecule has 6 heteroatoms. The molecule has 110 valence electrons. The zero-order valence-corrected chi connectivity index (χ0v) is 12.0. The van der Waals surface area contributed by atoms with Gasteiger partial charge < -0.3 is 0 Å². The second-order valence-electron chi connectivity index (χ2n) is 5.43. The van der Waals surface area contributed by atoms with Crippen molar-refractivity contribution in [1.82, 2.24) is 24.3 Å². The van der Waals surface area contributed by atoms with E-state index in [1.54, 1.807) is 23.2 Å². The predicted octanol–water partition coefficient (Wildman–Crippen LogP) is 1.88. The lowest BCUT2D eigenvalue weighted by atomic mass is 10.3. The molecule has 3 aromatic heterocycles. The number of aromatic nitrogens is 5. The van der Waals surface area contributed by atoms with E-state index in [2.05, 4.69) is 15.1 Å². The zero-order chi connectivity index (χ0) is 14.9. The minimum absolute atomic E-state index is 0.0768. The largest absolute Gasteiger partial charge is 0.346 e. The second-order valence-corrected chi connectivity index (χ2v) is 5.43. The molecule has 22 heavy (non-hydrogen) atoms. The summed E-state index contributed by atoms with van der Waals surface area (Å²) in [7, 11) is 0. The van der Waals surface area contributed by atoms with Crippen LogP contribution in [-0.4, -0.2) is 24.3 Å². The van der Waals surface area contributed by atoms with Crippen LogP contribution < -0.4 is 5.69 Å². The molecule has 1 aliphatic rings. The van der Waals surface area contributed by atoms with Crippen molar-refractivity contribution in [2.45, 2.75) is 25.4 Å². The molecular weight excluding hydrogens is 278 g/mol. The Kier molecular flexibility index (Phi) is 3.07. The molecule has 3 aromatic rings. The van der Waals surface area contributed by atoms with E-state index in [1.807, 2.05) is 30.3 Å². The van der Waals surface area contributed by atoms with E-state index in [9.17, 15) is 4.79 Å². The summed E-state index contributed by atoms with van der Waals surface area (Å²) in [5.74, 6) is 0.691. The first kappa shape index (κ1) is 12.9. The standard InChI is InChI=1S/C16H15N5O/c22-16-20(11-13-5-1-2-9-18-13)19-15(21(16)14-6-7-14)12-4-3-8-17-10-12/h1-5,8-10,14H,6-7,11H2. The molecule has 0 bridgehead atoms. The van der Waals surface area contributed by atoms with Gasteiger partial charge in [-0.25, -0.2) is 9.48 Å². The smallest absolute Gasteiger partial charge is 0.272 e. The topological polar surface area (TPSA) is 65.6 Å². The molecule has 0 unspecified atom stereocenters. The highest BCUT2D eigenvalue weighted by Gasteiger charge is 2.30. The van der Waals surface area contributed by atoms with Crippen molar-refractivity contribution in [2.24, 2.45) is 0 Å². The average Bonchev–Trinajstić information content (AvgIpc) is 3.35. The van der Waals surface area contributed by atoms with Gasteiger partial charge in [0.1, 0.15) is 0 Å². The monoisotopic (exact) mass is 293 g/mol. The molecule has 0 saturated heterocycles. The van der Waals surface area contributed by atoms with Crippen LogP contribution in [-0.2, 0) is 6.54 Å². The average molecular weight is 293 g/mol. The normalized spacial score (nSPS) is 14.2. The summed E-state index contributed by atoms with van der Waals surface area (Å²) in [4.78, 5) is 21.1. The Bertz CT molecular complexity index is 834. The maximum Gasteiger partial charge on any atom is 0.346 e. The lowest BCUT2D eigenvalue weighted by Crippen LogP contribution is -2.25. The predicted molar refractivity (Wildman–Crippen MR) is 81.3 cm³/mol. The first-order chi connectivity index (χ1) is 10.8. The molecule has 0 aromatic carbocycles. The Balaban J connectivity index is 1.79. The first-order valence-corrected chi connectivity index (χ1v) is 7.32. The van der Waals surface area contributed by atoms with E-state index < -0.39 is 0 Å². The van der Waals surface area contributed by atoms with Crippen molar-refractivity contribution in [1.29, 1.82) is 0 Å². The van der Waals surface area contributed by atoms with Gasteiger partial charge in [-0.1, -0.05) is 6.07 Å². The number of rotatable bonds is 4. The van der Waals surface area contributed by atoms with Gasteiger partial charge in [-0.2, -0.15) is 0 Å². The number of nitrogens with zero attached hydrogens (tertiary/aromatic N) is 5. The molecule has 0 atom stereocenters. The third kappa shape index (κ3) is 2.32. The zero-order valence-electron chi connectivity index (χ0n) is 12.0. The number of pyridine rings is 2. The van der Waals surface area contributed by atoms with Crippen LogP contribution in [0.2, 0.25) is 0 Å². The summed E-state index contributed by atoms with van der Waals surface area (Å²) >= 11 is 0. The highest BCUT2D eigenvalue weighted by Crippen LogP contribution is 2.36. The van der Waals surface area contributed by atoms with Crippen molar-refractivity contribution in [3.05, 3.63) is 65.1 Å². The van der Waals surface area contributed by atoms with Crippen LogP contribution in [0.4, 0.5) is 0 Å². The van der Waals surface area contributed by atoms with Gasteiger partial charge in [-0.3, -0.25) is 14.5 Å². The Morgan fingerprint density at radius 3 is 2.73 bits per heavy atom. The Morgan fingerprint density at radius 2 is 2.05 bits per heavy atom. The summed E-state index contributed by atoms with van der Waals surface area (Å²) in [5.41, 5.74) is 1.61. The quantitative estimate of drug-likeness (QED) is 0.736. The van der Waals surface area contributed by atoms with Gasteiger partial charge in [-0.15, -0.1) is 5.10 Å². The van der Waals surface area contributed by atoms with Crippen molar-refractivity contribution in [3.8, 4) is 11.4 Å². The van der Waals surface area contributed by atoms with E-state index in [-0.39, 0.29) is 11.7 Å². The molecule has 0 amide bonds. The van der Waals surface area contributed by atoms with Gasteiger partial charge in [0, 0.05) is 30.2 Å². The minimum Gasteiger partial charge on any atom is -0.272 e. The van der Waals surface area contributed by atoms with Gasteiger partial charge in [0.05, 0.1) is 12.2 Å². The van der Waals surface area contributed by atoms with Crippen molar-refractivity contribution in [3.63, 3.8) is 0 Å². The van der Waals surface area contributed by atoms with Crippen molar-refractivity contribution < 1.29 is 0 Å². The fraction of sp³-hybridized carbons (Fsp3) is 0.250. The SMILES string of the molecule is O=c1n(Cc2ccccn2)nc(-c2cccnc2)n1C1CC1. The van der Waals surface area contributed by atoms with E-state index in [0.717, 1.165) is 24.1 Å². The van der Waals surface area contributed by atoms with Crippen molar-refractivity contribution in [2.75, 3.05) is 0 Å². The molecule has 1 fully saturated rings. The van der Waals surface area contributed by atoms with Crippen LogP contribution in [0.15, 0.2) is 53.7 Å². The van der Waals surface area contributed by atoms with Gasteiger partial charge in [-0.05, 0) is 37.1 Å². The van der Waals surface area contributed by atoms with E-state index in [1.165, 1.54) is 4.68 Å². The summed E-state index contributed by atoms with van der Waals surface area (Å²) < 4.78 is 3.28. The molecule has 6 nitrogen and oxygen atoms in total. The van der Waals surface area contributed by atoms with Crippen LogP contribution >= 0.6 is 0 Å². The van der Waals surface area contributed by atoms with Crippen molar-refractivity contribution >= 4 is 0 Å². The Hall–Kier alpha value is -2.76. The number of hydrogen-bond donors (Lipinski definition) is 0. The third-order valence-electron chi connectivity index (χ3n) is 3.74. The van der Waals surface area contributed by atoms with Crippen LogP contribution in [0.3, 0.4) is 0 Å². The molecule has 1 saturated carbocycles.